The van der Waals surface area contributed by atoms with Gasteiger partial charge in [0.05, 0.1) is 12.8 Å². The summed E-state index contributed by atoms with van der Waals surface area (Å²) in [6, 6.07) is 6.18. The molecule has 104 valence electrons. The maximum Gasteiger partial charge on any atom is 0.228 e. The minimum absolute atomic E-state index is 0.156. The molecule has 1 aromatic rings. The molecule has 19 heavy (non-hydrogen) atoms. The normalized spacial score (nSPS) is 20.9. The summed E-state index contributed by atoms with van der Waals surface area (Å²) >= 11 is 0. The third-order valence-electron chi connectivity index (χ3n) is 3.46. The van der Waals surface area contributed by atoms with Gasteiger partial charge >= 0.3 is 0 Å². The van der Waals surface area contributed by atoms with Crippen LogP contribution in [0.2, 0.25) is 0 Å². The van der Waals surface area contributed by atoms with Crippen molar-refractivity contribution in [3.63, 3.8) is 0 Å². The lowest BCUT2D eigenvalue weighted by atomic mass is 10.1. The van der Waals surface area contributed by atoms with E-state index in [0.717, 1.165) is 36.5 Å². The lowest BCUT2D eigenvalue weighted by Gasteiger charge is -2.29. The lowest BCUT2D eigenvalue weighted by Crippen LogP contribution is -2.42. The average Bonchev–Trinajstić information content (AvgIpc) is 2.36. The van der Waals surface area contributed by atoms with Crippen molar-refractivity contribution in [2.45, 2.75) is 32.7 Å². The standard InChI is InChI=1S/C15H22N2O2/c1-11-5-6-14(19-3)13(9-11)17-8-4-7-16-12(2)10-15(17)18/h5-6,9,12,16H,4,7-8,10H2,1-3H3. The van der Waals surface area contributed by atoms with Crippen LogP contribution in [0.3, 0.4) is 0 Å². The van der Waals surface area contributed by atoms with Crippen molar-refractivity contribution < 1.29 is 9.53 Å². The van der Waals surface area contributed by atoms with E-state index in [1.807, 2.05) is 30.0 Å². The largest absolute Gasteiger partial charge is 0.495 e. The van der Waals surface area contributed by atoms with Crippen LogP contribution < -0.4 is 15.0 Å². The molecule has 1 aromatic carbocycles. The molecule has 4 heteroatoms. The SMILES string of the molecule is COc1ccc(C)cc1N1CCCNC(C)CC1=O. The smallest absolute Gasteiger partial charge is 0.228 e. The van der Waals surface area contributed by atoms with Gasteiger partial charge in [-0.25, -0.2) is 0 Å². The molecule has 1 aliphatic heterocycles. The van der Waals surface area contributed by atoms with Crippen LogP contribution in [0.1, 0.15) is 25.3 Å². The molecule has 0 saturated carbocycles. The number of nitrogens with zero attached hydrogens (tertiary/aromatic N) is 1. The first-order valence-electron chi connectivity index (χ1n) is 6.80. The highest BCUT2D eigenvalue weighted by Gasteiger charge is 2.22. The quantitative estimate of drug-likeness (QED) is 0.887. The van der Waals surface area contributed by atoms with Crippen molar-refractivity contribution in [1.82, 2.24) is 5.32 Å². The number of carbonyl (C=O) groups is 1. The molecule has 0 radical (unpaired) electrons. The zero-order valence-corrected chi connectivity index (χ0v) is 11.9. The molecular formula is C15H22N2O2. The van der Waals surface area contributed by atoms with Gasteiger partial charge in [-0.05, 0) is 44.5 Å². The molecule has 1 aliphatic rings. The van der Waals surface area contributed by atoms with Crippen LogP contribution in [0.25, 0.3) is 0 Å². The van der Waals surface area contributed by atoms with Gasteiger partial charge in [0.2, 0.25) is 5.91 Å². The number of carbonyl (C=O) groups excluding carboxylic acids is 1. The molecule has 4 nitrogen and oxygen atoms in total. The maximum absolute atomic E-state index is 12.4. The number of benzene rings is 1. The van der Waals surface area contributed by atoms with Gasteiger partial charge in [0.25, 0.3) is 0 Å². The van der Waals surface area contributed by atoms with Crippen molar-refractivity contribution >= 4 is 11.6 Å². The van der Waals surface area contributed by atoms with Gasteiger partial charge in [0.15, 0.2) is 0 Å². The third kappa shape index (κ3) is 3.26. The van der Waals surface area contributed by atoms with Crippen LogP contribution in [-0.2, 0) is 4.79 Å². The molecule has 0 spiro atoms. The Hall–Kier alpha value is -1.55. The predicted octanol–water partition coefficient (Wildman–Crippen LogP) is 2.11. The summed E-state index contributed by atoms with van der Waals surface area (Å²) in [7, 11) is 1.65. The van der Waals surface area contributed by atoms with E-state index < -0.39 is 0 Å². The number of aryl methyl sites for hydroxylation is 1. The minimum atomic E-state index is 0.156. The highest BCUT2D eigenvalue weighted by Crippen LogP contribution is 2.30. The van der Waals surface area contributed by atoms with E-state index in [9.17, 15) is 4.79 Å². The number of rotatable bonds is 2. The van der Waals surface area contributed by atoms with Gasteiger partial charge in [0, 0.05) is 19.0 Å². The van der Waals surface area contributed by atoms with Crippen molar-refractivity contribution in [3.8, 4) is 5.75 Å². The van der Waals surface area contributed by atoms with E-state index in [0.29, 0.717) is 6.42 Å². The van der Waals surface area contributed by atoms with Crippen molar-refractivity contribution in [1.29, 1.82) is 0 Å². The first-order chi connectivity index (χ1) is 9.11. The van der Waals surface area contributed by atoms with Crippen molar-refractivity contribution in [3.05, 3.63) is 23.8 Å². The Morgan fingerprint density at radius 3 is 2.95 bits per heavy atom. The second-order valence-electron chi connectivity index (χ2n) is 5.13. The van der Waals surface area contributed by atoms with E-state index in [2.05, 4.69) is 12.2 Å². The monoisotopic (exact) mass is 262 g/mol. The molecule has 1 saturated heterocycles. The number of hydrogen-bond acceptors (Lipinski definition) is 3. The van der Waals surface area contributed by atoms with Gasteiger partial charge in [-0.2, -0.15) is 0 Å². The van der Waals surface area contributed by atoms with Crippen LogP contribution in [0.5, 0.6) is 5.75 Å². The second-order valence-corrected chi connectivity index (χ2v) is 5.13. The summed E-state index contributed by atoms with van der Waals surface area (Å²) in [5.41, 5.74) is 2.03. The zero-order chi connectivity index (χ0) is 13.8. The fourth-order valence-corrected chi connectivity index (χ4v) is 2.42. The van der Waals surface area contributed by atoms with Crippen molar-refractivity contribution in [2.24, 2.45) is 0 Å². The Morgan fingerprint density at radius 2 is 2.21 bits per heavy atom. The molecule has 1 fully saturated rings. The Labute approximate surface area is 114 Å². The molecule has 1 atom stereocenters. The number of methoxy groups -OCH3 is 1. The number of amides is 1. The number of ether oxygens (including phenoxy) is 1. The van der Waals surface area contributed by atoms with E-state index in [1.165, 1.54) is 0 Å². The van der Waals surface area contributed by atoms with Crippen LogP contribution >= 0.6 is 0 Å². The molecule has 0 aliphatic carbocycles. The van der Waals surface area contributed by atoms with Crippen LogP contribution in [0, 0.1) is 6.92 Å². The summed E-state index contributed by atoms with van der Waals surface area (Å²) in [5.74, 6) is 0.920. The second kappa shape index (κ2) is 6.06. The van der Waals surface area contributed by atoms with E-state index >= 15 is 0 Å². The van der Waals surface area contributed by atoms with E-state index in [1.54, 1.807) is 7.11 Å². The average molecular weight is 262 g/mol. The predicted molar refractivity (Wildman–Crippen MR) is 76.8 cm³/mol. The Bertz CT molecular complexity index is 459. The van der Waals surface area contributed by atoms with E-state index in [-0.39, 0.29) is 11.9 Å². The number of anilines is 1. The summed E-state index contributed by atoms with van der Waals surface area (Å²) in [4.78, 5) is 14.3. The minimum Gasteiger partial charge on any atom is -0.495 e. The number of hydrogen-bond donors (Lipinski definition) is 1. The maximum atomic E-state index is 12.4. The molecule has 1 unspecified atom stereocenters. The highest BCUT2D eigenvalue weighted by atomic mass is 16.5. The Morgan fingerprint density at radius 1 is 1.42 bits per heavy atom. The van der Waals surface area contributed by atoms with Gasteiger partial charge in [-0.15, -0.1) is 0 Å². The van der Waals surface area contributed by atoms with Crippen LogP contribution in [0.4, 0.5) is 5.69 Å². The first kappa shape index (κ1) is 13.9. The van der Waals surface area contributed by atoms with Crippen molar-refractivity contribution in [2.75, 3.05) is 25.1 Å². The molecule has 0 bridgehead atoms. The molecule has 1 N–H and O–H groups in total. The van der Waals surface area contributed by atoms with Gasteiger partial charge < -0.3 is 15.0 Å². The van der Waals surface area contributed by atoms with Crippen LogP contribution in [0.15, 0.2) is 18.2 Å². The topological polar surface area (TPSA) is 41.6 Å². The van der Waals surface area contributed by atoms with Gasteiger partial charge in [-0.3, -0.25) is 4.79 Å². The Kier molecular flexibility index (Phi) is 4.43. The summed E-state index contributed by atoms with van der Waals surface area (Å²) in [6.07, 6.45) is 1.48. The summed E-state index contributed by atoms with van der Waals surface area (Å²) in [5, 5.41) is 3.35. The summed E-state index contributed by atoms with van der Waals surface area (Å²) < 4.78 is 5.39. The zero-order valence-electron chi connectivity index (χ0n) is 11.9. The fourth-order valence-electron chi connectivity index (χ4n) is 2.42. The van der Waals surface area contributed by atoms with E-state index in [4.69, 9.17) is 4.74 Å². The third-order valence-corrected chi connectivity index (χ3v) is 3.46. The molecule has 0 aromatic heterocycles. The first-order valence-corrected chi connectivity index (χ1v) is 6.80. The van der Waals surface area contributed by atoms with Gasteiger partial charge in [0.1, 0.15) is 5.75 Å². The van der Waals surface area contributed by atoms with Gasteiger partial charge in [-0.1, -0.05) is 6.07 Å². The molecule has 1 amide bonds. The molecule has 1 heterocycles. The lowest BCUT2D eigenvalue weighted by molar-refractivity contribution is -0.119. The summed E-state index contributed by atoms with van der Waals surface area (Å²) in [6.45, 7) is 5.76. The fraction of sp³-hybridized carbons (Fsp3) is 0.533. The van der Waals surface area contributed by atoms with Crippen LogP contribution in [-0.4, -0.2) is 32.1 Å². The number of nitrogens with one attached hydrogen (secondary N) is 1. The Balaban J connectivity index is 2.31. The molecule has 2 rings (SSSR count). The molecular weight excluding hydrogens is 240 g/mol. The highest BCUT2D eigenvalue weighted by molar-refractivity contribution is 5.95.